The average Bonchev–Trinajstić information content (AvgIpc) is 3.44. The third kappa shape index (κ3) is 3.12. The maximum absolute atomic E-state index is 13.2. The molecule has 3 aromatic heterocycles. The predicted octanol–water partition coefficient (Wildman–Crippen LogP) is 3.38. The van der Waals surface area contributed by atoms with Crippen molar-refractivity contribution in [3.8, 4) is 0 Å². The number of ether oxygens (including phenoxy) is 1. The second kappa shape index (κ2) is 7.38. The van der Waals surface area contributed by atoms with E-state index in [-0.39, 0.29) is 22.1 Å². The van der Waals surface area contributed by atoms with Crippen molar-refractivity contribution in [1.82, 2.24) is 9.55 Å². The average molecular weight is 430 g/mol. The highest BCUT2D eigenvalue weighted by Crippen LogP contribution is 2.39. The van der Waals surface area contributed by atoms with E-state index < -0.39 is 37.1 Å². The Morgan fingerprint density at radius 2 is 1.90 bits per heavy atom. The van der Waals surface area contributed by atoms with Crippen molar-refractivity contribution in [2.24, 2.45) is 0 Å². The minimum atomic E-state index is -2.73. The van der Waals surface area contributed by atoms with Crippen molar-refractivity contribution >= 4 is 22.0 Å². The third-order valence-corrected chi connectivity index (χ3v) is 5.90. The van der Waals surface area contributed by atoms with Crippen molar-refractivity contribution in [2.75, 3.05) is 0 Å². The standard InChI is InChI=1S/C22H20F2N2O5/c1-10-4-6-25-21-12(10)5-7-26(21)22-18(29)17(28)19(31-22)16(27)11-2-3-15-13(8-11)14(9-30-15)20(23)24/h2-9,16-20,22,27-29H,1H3. The molecule has 162 valence electrons. The maximum atomic E-state index is 13.2. The lowest BCUT2D eigenvalue weighted by molar-refractivity contribution is -0.0848. The molecule has 5 unspecified atom stereocenters. The molecule has 0 bridgehead atoms. The maximum Gasteiger partial charge on any atom is 0.267 e. The molecule has 0 amide bonds. The van der Waals surface area contributed by atoms with Crippen LogP contribution in [-0.4, -0.2) is 43.2 Å². The number of aliphatic hydroxyl groups is 3. The number of halogens is 2. The molecule has 1 fully saturated rings. The summed E-state index contributed by atoms with van der Waals surface area (Å²) in [4.78, 5) is 4.33. The van der Waals surface area contributed by atoms with Crippen LogP contribution in [0.25, 0.3) is 22.0 Å². The van der Waals surface area contributed by atoms with Crippen LogP contribution in [-0.2, 0) is 4.74 Å². The summed E-state index contributed by atoms with van der Waals surface area (Å²) >= 11 is 0. The number of benzene rings is 1. The van der Waals surface area contributed by atoms with E-state index in [0.29, 0.717) is 5.65 Å². The molecule has 0 radical (unpaired) electrons. The first-order valence-electron chi connectivity index (χ1n) is 9.78. The molecule has 3 N–H and O–H groups in total. The summed E-state index contributed by atoms with van der Waals surface area (Å²) < 4.78 is 39.0. The van der Waals surface area contributed by atoms with Gasteiger partial charge in [0.05, 0.1) is 5.56 Å². The lowest BCUT2D eigenvalue weighted by Gasteiger charge is -2.21. The number of hydrogen-bond donors (Lipinski definition) is 3. The molecule has 5 rings (SSSR count). The molecule has 1 aliphatic rings. The Hall–Kier alpha value is -2.85. The highest BCUT2D eigenvalue weighted by atomic mass is 19.3. The van der Waals surface area contributed by atoms with E-state index in [1.165, 1.54) is 18.2 Å². The van der Waals surface area contributed by atoms with Crippen molar-refractivity contribution in [3.63, 3.8) is 0 Å². The van der Waals surface area contributed by atoms with Crippen LogP contribution in [0.4, 0.5) is 8.78 Å². The van der Waals surface area contributed by atoms with Gasteiger partial charge in [-0.2, -0.15) is 0 Å². The molecule has 0 spiro atoms. The molecule has 4 aromatic rings. The molecule has 5 atom stereocenters. The SMILES string of the molecule is Cc1ccnc2c1ccn2C1OC(C(O)c2ccc3occ(C(F)F)c3c2)C(O)C1O. The number of pyridine rings is 1. The normalized spacial score (nSPS) is 25.1. The summed E-state index contributed by atoms with van der Waals surface area (Å²) in [5, 5.41) is 33.1. The van der Waals surface area contributed by atoms with Gasteiger partial charge in [-0.3, -0.25) is 0 Å². The zero-order valence-electron chi connectivity index (χ0n) is 16.4. The van der Waals surface area contributed by atoms with Gasteiger partial charge < -0.3 is 29.0 Å². The molecule has 31 heavy (non-hydrogen) atoms. The second-order valence-electron chi connectivity index (χ2n) is 7.75. The van der Waals surface area contributed by atoms with Gasteiger partial charge in [-0.25, -0.2) is 13.8 Å². The van der Waals surface area contributed by atoms with E-state index >= 15 is 0 Å². The zero-order valence-corrected chi connectivity index (χ0v) is 16.4. The van der Waals surface area contributed by atoms with E-state index in [0.717, 1.165) is 17.2 Å². The first kappa shape index (κ1) is 20.1. The van der Waals surface area contributed by atoms with E-state index in [4.69, 9.17) is 9.15 Å². The summed E-state index contributed by atoms with van der Waals surface area (Å²) in [6.45, 7) is 1.93. The Bertz CT molecular complexity index is 1250. The van der Waals surface area contributed by atoms with Gasteiger partial charge in [-0.15, -0.1) is 0 Å². The van der Waals surface area contributed by atoms with Crippen LogP contribution >= 0.6 is 0 Å². The van der Waals surface area contributed by atoms with Gasteiger partial charge in [0.1, 0.15) is 41.9 Å². The topological polar surface area (TPSA) is 101 Å². The summed E-state index contributed by atoms with van der Waals surface area (Å²) in [5.74, 6) is 0. The van der Waals surface area contributed by atoms with Crippen LogP contribution in [0.3, 0.4) is 0 Å². The second-order valence-corrected chi connectivity index (χ2v) is 7.75. The number of aliphatic hydroxyl groups excluding tert-OH is 3. The third-order valence-electron chi connectivity index (χ3n) is 5.90. The monoisotopic (exact) mass is 430 g/mol. The lowest BCUT2D eigenvalue weighted by Crippen LogP contribution is -2.34. The Labute approximate surface area is 175 Å². The Morgan fingerprint density at radius 3 is 2.68 bits per heavy atom. The van der Waals surface area contributed by atoms with Gasteiger partial charge in [-0.1, -0.05) is 6.07 Å². The fraction of sp³-hybridized carbons (Fsp3) is 0.318. The zero-order chi connectivity index (χ0) is 21.9. The summed E-state index contributed by atoms with van der Waals surface area (Å²) in [6.07, 6.45) is -4.66. The summed E-state index contributed by atoms with van der Waals surface area (Å²) in [6, 6.07) is 8.07. The van der Waals surface area contributed by atoms with E-state index in [1.54, 1.807) is 17.0 Å². The van der Waals surface area contributed by atoms with Crippen molar-refractivity contribution in [2.45, 2.75) is 44.0 Å². The summed E-state index contributed by atoms with van der Waals surface area (Å²) in [7, 11) is 0. The number of aromatic nitrogens is 2. The Morgan fingerprint density at radius 1 is 1.10 bits per heavy atom. The highest BCUT2D eigenvalue weighted by Gasteiger charge is 2.47. The first-order valence-corrected chi connectivity index (χ1v) is 9.78. The minimum Gasteiger partial charge on any atom is -0.464 e. The van der Waals surface area contributed by atoms with Crippen LogP contribution in [0.1, 0.15) is 35.4 Å². The van der Waals surface area contributed by atoms with Crippen molar-refractivity contribution in [1.29, 1.82) is 0 Å². The van der Waals surface area contributed by atoms with Gasteiger partial charge in [0.15, 0.2) is 6.23 Å². The van der Waals surface area contributed by atoms with Gasteiger partial charge in [0, 0.05) is 23.2 Å². The Kier molecular flexibility index (Phi) is 4.78. The molecule has 1 aromatic carbocycles. The molecule has 4 heterocycles. The number of nitrogens with zero attached hydrogens (tertiary/aromatic N) is 2. The molecule has 0 aliphatic carbocycles. The van der Waals surface area contributed by atoms with E-state index in [2.05, 4.69) is 4.98 Å². The number of aryl methyl sites for hydroxylation is 1. The van der Waals surface area contributed by atoms with Crippen molar-refractivity contribution in [3.05, 3.63) is 65.7 Å². The molecule has 1 aliphatic heterocycles. The molecule has 9 heteroatoms. The van der Waals surface area contributed by atoms with Gasteiger partial charge >= 0.3 is 0 Å². The molecular weight excluding hydrogens is 410 g/mol. The number of fused-ring (bicyclic) bond motifs is 2. The van der Waals surface area contributed by atoms with Crippen LogP contribution < -0.4 is 0 Å². The first-order chi connectivity index (χ1) is 14.9. The highest BCUT2D eigenvalue weighted by molar-refractivity contribution is 5.82. The molecule has 1 saturated heterocycles. The lowest BCUT2D eigenvalue weighted by atomic mass is 9.97. The van der Waals surface area contributed by atoms with Crippen LogP contribution in [0.5, 0.6) is 0 Å². The largest absolute Gasteiger partial charge is 0.464 e. The minimum absolute atomic E-state index is 0.173. The van der Waals surface area contributed by atoms with Crippen molar-refractivity contribution < 1.29 is 33.3 Å². The van der Waals surface area contributed by atoms with Crippen LogP contribution in [0, 0.1) is 6.92 Å². The molecule has 0 saturated carbocycles. The number of hydrogen-bond acceptors (Lipinski definition) is 6. The Balaban J connectivity index is 1.47. The quantitative estimate of drug-likeness (QED) is 0.459. The van der Waals surface area contributed by atoms with E-state index in [1.807, 2.05) is 19.1 Å². The summed E-state index contributed by atoms with van der Waals surface area (Å²) in [5.41, 5.74) is 1.82. The number of alkyl halides is 2. The van der Waals surface area contributed by atoms with E-state index in [9.17, 15) is 24.1 Å². The smallest absolute Gasteiger partial charge is 0.267 e. The number of rotatable bonds is 4. The molecular formula is C22H20F2N2O5. The van der Waals surface area contributed by atoms with Gasteiger partial charge in [0.25, 0.3) is 6.43 Å². The van der Waals surface area contributed by atoms with Crippen LogP contribution in [0.2, 0.25) is 0 Å². The van der Waals surface area contributed by atoms with Gasteiger partial charge in [-0.05, 0) is 42.3 Å². The van der Waals surface area contributed by atoms with Crippen LogP contribution in [0.15, 0.2) is 53.4 Å². The number of furan rings is 1. The fourth-order valence-electron chi connectivity index (χ4n) is 4.18. The van der Waals surface area contributed by atoms with Gasteiger partial charge in [0.2, 0.25) is 0 Å². The molecule has 7 nitrogen and oxygen atoms in total. The predicted molar refractivity (Wildman–Crippen MR) is 107 cm³/mol. The fourth-order valence-corrected chi connectivity index (χ4v) is 4.18.